The van der Waals surface area contributed by atoms with Gasteiger partial charge in [-0.05, 0) is 73.1 Å². The number of aromatic nitrogens is 2. The molecule has 128 valence electrons. The monoisotopic (exact) mass is 336 g/mol. The van der Waals surface area contributed by atoms with E-state index in [0.717, 1.165) is 43.4 Å². The smallest absolute Gasteiger partial charge is 0.387 e. The van der Waals surface area contributed by atoms with Crippen LogP contribution in [0.25, 0.3) is 0 Å². The molecule has 5 nitrogen and oxygen atoms in total. The lowest BCUT2D eigenvalue weighted by Crippen LogP contribution is -2.44. The van der Waals surface area contributed by atoms with E-state index in [-0.39, 0.29) is 11.4 Å². The first-order chi connectivity index (χ1) is 12.1. The highest BCUT2D eigenvalue weighted by Crippen LogP contribution is 2.60. The van der Waals surface area contributed by atoms with Crippen LogP contribution in [0, 0.1) is 11.8 Å². The lowest BCUT2D eigenvalue weighted by atomic mass is 9.55. The van der Waals surface area contributed by atoms with Crippen LogP contribution >= 0.6 is 0 Å². The number of benzene rings is 1. The summed E-state index contributed by atoms with van der Waals surface area (Å²) in [6.45, 7) is 2.34. The normalized spacial score (nSPS) is 34.1. The van der Waals surface area contributed by atoms with Crippen LogP contribution in [0.4, 0.5) is 0 Å². The average Bonchev–Trinajstić information content (AvgIpc) is 3.03. The molecule has 3 aliphatic carbocycles. The van der Waals surface area contributed by atoms with Crippen LogP contribution in [-0.2, 0) is 18.3 Å². The van der Waals surface area contributed by atoms with Gasteiger partial charge in [0.2, 0.25) is 0 Å². The van der Waals surface area contributed by atoms with Crippen LogP contribution in [0.15, 0.2) is 18.2 Å². The van der Waals surface area contributed by atoms with Crippen LogP contribution in [0.3, 0.4) is 0 Å². The fraction of sp³-hybridized carbons (Fsp3) is 0.500. The van der Waals surface area contributed by atoms with Gasteiger partial charge in [-0.3, -0.25) is 0 Å². The van der Waals surface area contributed by atoms with Gasteiger partial charge in [0.1, 0.15) is 5.75 Å². The second kappa shape index (κ2) is 4.26. The van der Waals surface area contributed by atoms with Gasteiger partial charge < -0.3 is 9.94 Å². The van der Waals surface area contributed by atoms with Crippen molar-refractivity contribution in [1.29, 1.82) is 0 Å². The first-order valence-electron chi connectivity index (χ1n) is 9.23. The summed E-state index contributed by atoms with van der Waals surface area (Å²) < 4.78 is 0. The first-order valence-corrected chi connectivity index (χ1v) is 9.23. The SMILES string of the molecule is C[C@]12CCC3c4ccc(O)cc4CCC3C1Cc1c2nn2c1C(=O)O2. The fourth-order valence-corrected chi connectivity index (χ4v) is 6.21. The van der Waals surface area contributed by atoms with E-state index in [0.29, 0.717) is 29.2 Å². The molecule has 0 spiro atoms. The van der Waals surface area contributed by atoms with Gasteiger partial charge in [-0.25, -0.2) is 4.79 Å². The van der Waals surface area contributed by atoms with E-state index in [1.807, 2.05) is 12.1 Å². The number of hydrogen-bond acceptors (Lipinski definition) is 4. The molecule has 0 amide bonds. The van der Waals surface area contributed by atoms with Crippen molar-refractivity contribution in [3.63, 3.8) is 0 Å². The predicted molar refractivity (Wildman–Crippen MR) is 89.6 cm³/mol. The van der Waals surface area contributed by atoms with Crippen molar-refractivity contribution in [2.75, 3.05) is 0 Å². The molecular weight excluding hydrogens is 316 g/mol. The Kier molecular flexibility index (Phi) is 2.38. The summed E-state index contributed by atoms with van der Waals surface area (Å²) in [7, 11) is 0. The number of phenols is 1. The van der Waals surface area contributed by atoms with Crippen molar-refractivity contribution in [3.05, 3.63) is 46.3 Å². The molecule has 5 heteroatoms. The maximum Gasteiger partial charge on any atom is 0.387 e. The van der Waals surface area contributed by atoms with Crippen LogP contribution in [-0.4, -0.2) is 21.0 Å². The molecule has 4 aliphatic rings. The number of hydrogen-bond donors (Lipinski definition) is 1. The first kappa shape index (κ1) is 13.9. The number of phenolic OH excluding ortho intramolecular Hbond substituents is 1. The van der Waals surface area contributed by atoms with E-state index in [9.17, 15) is 9.90 Å². The van der Waals surface area contributed by atoms with Crippen LogP contribution in [0.5, 0.6) is 5.75 Å². The Labute approximate surface area is 145 Å². The van der Waals surface area contributed by atoms with E-state index >= 15 is 0 Å². The maximum absolute atomic E-state index is 11.8. The molecular formula is C20H20N2O3. The van der Waals surface area contributed by atoms with E-state index < -0.39 is 0 Å². The summed E-state index contributed by atoms with van der Waals surface area (Å²) in [5, 5.41) is 14.4. The Morgan fingerprint density at radius 2 is 2.24 bits per heavy atom. The minimum Gasteiger partial charge on any atom is -0.508 e. The highest BCUT2D eigenvalue weighted by molar-refractivity contribution is 5.94. The van der Waals surface area contributed by atoms with Crippen molar-refractivity contribution in [1.82, 2.24) is 9.94 Å². The molecule has 1 aromatic carbocycles. The van der Waals surface area contributed by atoms with E-state index in [4.69, 9.17) is 4.84 Å². The van der Waals surface area contributed by atoms with Crippen molar-refractivity contribution in [2.24, 2.45) is 11.8 Å². The molecule has 25 heavy (non-hydrogen) atoms. The Hall–Kier alpha value is -2.30. The molecule has 1 saturated carbocycles. The third-order valence-corrected chi connectivity index (χ3v) is 7.38. The number of carbonyl (C=O) groups excluding carboxylic acids is 1. The molecule has 4 atom stereocenters. The summed E-state index contributed by atoms with van der Waals surface area (Å²) in [6, 6.07) is 5.90. The van der Waals surface area contributed by atoms with Gasteiger partial charge in [0.25, 0.3) is 0 Å². The zero-order valence-corrected chi connectivity index (χ0v) is 14.2. The molecule has 1 N–H and O–H groups in total. The van der Waals surface area contributed by atoms with Gasteiger partial charge in [-0.15, -0.1) is 5.10 Å². The standard InChI is InChI=1S/C20H20N2O3/c1-20-7-6-13-12-5-3-11(23)8-10(12)2-4-14(13)16(20)9-15-17-19(24)25-22(17)21-18(15)20/h3,5,8,13-14,16,23H,2,4,6-7,9H2,1H3/t13?,14?,16?,20-/m0/s1. The van der Waals surface area contributed by atoms with Gasteiger partial charge in [0.15, 0.2) is 5.69 Å². The molecule has 6 rings (SSSR count). The van der Waals surface area contributed by atoms with Gasteiger partial charge in [-0.1, -0.05) is 17.8 Å². The minimum absolute atomic E-state index is 0.0545. The third-order valence-electron chi connectivity index (χ3n) is 7.38. The highest BCUT2D eigenvalue weighted by atomic mass is 16.7. The second-order valence-corrected chi connectivity index (χ2v) is 8.39. The Morgan fingerprint density at radius 3 is 3.08 bits per heavy atom. The van der Waals surface area contributed by atoms with Gasteiger partial charge >= 0.3 is 5.97 Å². The van der Waals surface area contributed by atoms with Crippen molar-refractivity contribution < 1.29 is 14.7 Å². The zero-order chi connectivity index (χ0) is 16.9. The number of aryl methyl sites for hydroxylation is 1. The lowest BCUT2D eigenvalue weighted by molar-refractivity contribution is 0.00780. The number of nitrogens with zero attached hydrogens (tertiary/aromatic N) is 2. The molecule has 0 bridgehead atoms. The van der Waals surface area contributed by atoms with Crippen molar-refractivity contribution in [2.45, 2.75) is 50.4 Å². The summed E-state index contributed by atoms with van der Waals surface area (Å²) >= 11 is 0. The zero-order valence-electron chi connectivity index (χ0n) is 14.2. The minimum atomic E-state index is -0.225. The lowest BCUT2D eigenvalue weighted by Gasteiger charge is -2.49. The summed E-state index contributed by atoms with van der Waals surface area (Å²) in [5.74, 6) is 1.89. The Morgan fingerprint density at radius 1 is 1.36 bits per heavy atom. The number of fused-ring (bicyclic) bond motifs is 9. The van der Waals surface area contributed by atoms with Crippen LogP contribution in [0.1, 0.15) is 65.0 Å². The van der Waals surface area contributed by atoms with Crippen LogP contribution in [0.2, 0.25) is 0 Å². The second-order valence-electron chi connectivity index (χ2n) is 8.39. The molecule has 1 aliphatic heterocycles. The van der Waals surface area contributed by atoms with Gasteiger partial charge in [-0.2, -0.15) is 0 Å². The fourth-order valence-electron chi connectivity index (χ4n) is 6.21. The molecule has 0 radical (unpaired) electrons. The highest BCUT2D eigenvalue weighted by Gasteiger charge is 2.57. The molecule has 0 saturated heterocycles. The average molecular weight is 336 g/mol. The van der Waals surface area contributed by atoms with Crippen molar-refractivity contribution in [3.8, 4) is 5.75 Å². The Bertz CT molecular complexity index is 947. The quantitative estimate of drug-likeness (QED) is 0.803. The molecule has 1 aromatic heterocycles. The van der Waals surface area contributed by atoms with E-state index in [1.165, 1.54) is 16.0 Å². The molecule has 1 fully saturated rings. The molecule has 3 unspecified atom stereocenters. The summed E-state index contributed by atoms with van der Waals surface area (Å²) in [4.78, 5) is 18.3. The number of carbonyl (C=O) groups is 1. The van der Waals surface area contributed by atoms with Crippen LogP contribution < -0.4 is 4.84 Å². The van der Waals surface area contributed by atoms with Gasteiger partial charge in [0.05, 0.1) is 5.69 Å². The van der Waals surface area contributed by atoms with Gasteiger partial charge in [0, 0.05) is 11.0 Å². The molecule has 2 aromatic rings. The third kappa shape index (κ3) is 1.55. The topological polar surface area (TPSA) is 64.4 Å². The Balaban J connectivity index is 1.43. The summed E-state index contributed by atoms with van der Waals surface area (Å²) in [5.41, 5.74) is 5.73. The largest absolute Gasteiger partial charge is 0.508 e. The molecule has 2 heterocycles. The predicted octanol–water partition coefficient (Wildman–Crippen LogP) is 2.74. The number of rotatable bonds is 0. The van der Waals surface area contributed by atoms with E-state index in [2.05, 4.69) is 18.1 Å². The number of aromatic hydroxyl groups is 1. The van der Waals surface area contributed by atoms with E-state index in [1.54, 1.807) is 0 Å². The maximum atomic E-state index is 11.8. The van der Waals surface area contributed by atoms with Crippen molar-refractivity contribution >= 4 is 5.97 Å². The summed E-state index contributed by atoms with van der Waals surface area (Å²) in [6.07, 6.45) is 5.38.